The van der Waals surface area contributed by atoms with E-state index in [9.17, 15) is 9.59 Å². The van der Waals surface area contributed by atoms with E-state index in [2.05, 4.69) is 17.4 Å². The van der Waals surface area contributed by atoms with E-state index in [-0.39, 0.29) is 17.7 Å². The molecule has 0 radical (unpaired) electrons. The Bertz CT molecular complexity index is 469. The number of hydrogen-bond acceptors (Lipinski definition) is 2. The molecule has 1 N–H and O–H groups in total. The fourth-order valence-electron chi connectivity index (χ4n) is 2.46. The molecule has 21 heavy (non-hydrogen) atoms. The van der Waals surface area contributed by atoms with E-state index < -0.39 is 0 Å². The van der Waals surface area contributed by atoms with Crippen LogP contribution in [-0.2, 0) is 16.0 Å². The Kier molecular flexibility index (Phi) is 5.78. The molecule has 1 aliphatic rings. The van der Waals surface area contributed by atoms with E-state index >= 15 is 0 Å². The van der Waals surface area contributed by atoms with Crippen LogP contribution in [0.2, 0.25) is 0 Å². The van der Waals surface area contributed by atoms with E-state index in [4.69, 9.17) is 0 Å². The molecule has 1 aliphatic carbocycles. The first-order valence-corrected chi connectivity index (χ1v) is 7.74. The van der Waals surface area contributed by atoms with Gasteiger partial charge >= 0.3 is 0 Å². The first-order valence-electron chi connectivity index (χ1n) is 7.74. The van der Waals surface area contributed by atoms with Crippen molar-refractivity contribution in [1.82, 2.24) is 10.2 Å². The molecule has 0 aromatic heterocycles. The third kappa shape index (κ3) is 4.88. The van der Waals surface area contributed by atoms with E-state index in [0.29, 0.717) is 19.6 Å². The lowest BCUT2D eigenvalue weighted by atomic mass is 9.85. The minimum absolute atomic E-state index is 0.0591. The molecule has 0 unspecified atom stereocenters. The average Bonchev–Trinajstić information content (AvgIpc) is 2.41. The van der Waals surface area contributed by atoms with E-state index in [1.165, 1.54) is 5.56 Å². The molecule has 1 fully saturated rings. The maximum atomic E-state index is 11.7. The van der Waals surface area contributed by atoms with Crippen molar-refractivity contribution in [3.8, 4) is 0 Å². The van der Waals surface area contributed by atoms with Gasteiger partial charge in [0.1, 0.15) is 0 Å². The fraction of sp³-hybridized carbons (Fsp3) is 0.529. The number of rotatable bonds is 7. The van der Waals surface area contributed by atoms with E-state index in [1.54, 1.807) is 11.8 Å². The molecule has 0 aliphatic heterocycles. The second-order valence-corrected chi connectivity index (χ2v) is 5.66. The van der Waals surface area contributed by atoms with Crippen molar-refractivity contribution in [2.24, 2.45) is 5.92 Å². The number of nitrogens with zero attached hydrogens (tertiary/aromatic N) is 1. The lowest BCUT2D eigenvalue weighted by Gasteiger charge is -2.25. The maximum Gasteiger partial charge on any atom is 0.223 e. The monoisotopic (exact) mass is 288 g/mol. The van der Waals surface area contributed by atoms with Gasteiger partial charge < -0.3 is 10.2 Å². The van der Waals surface area contributed by atoms with Crippen molar-refractivity contribution in [3.63, 3.8) is 0 Å². The molecular formula is C17H24N2O2. The molecule has 2 rings (SSSR count). The van der Waals surface area contributed by atoms with Gasteiger partial charge in [0.25, 0.3) is 0 Å². The van der Waals surface area contributed by atoms with Gasteiger partial charge in [-0.2, -0.15) is 0 Å². The highest BCUT2D eigenvalue weighted by molar-refractivity contribution is 5.79. The summed E-state index contributed by atoms with van der Waals surface area (Å²) in [6, 6.07) is 10.1. The van der Waals surface area contributed by atoms with Crippen molar-refractivity contribution in [2.45, 2.75) is 32.6 Å². The van der Waals surface area contributed by atoms with Crippen LogP contribution in [0, 0.1) is 5.92 Å². The van der Waals surface area contributed by atoms with Gasteiger partial charge in [-0.25, -0.2) is 0 Å². The van der Waals surface area contributed by atoms with Gasteiger partial charge in [0, 0.05) is 32.5 Å². The number of hydrogen-bond donors (Lipinski definition) is 1. The lowest BCUT2D eigenvalue weighted by Crippen LogP contribution is -2.41. The molecule has 0 heterocycles. The number of carbonyl (C=O) groups is 2. The lowest BCUT2D eigenvalue weighted by molar-refractivity contribution is -0.130. The van der Waals surface area contributed by atoms with Gasteiger partial charge in [0.2, 0.25) is 11.8 Å². The fourth-order valence-corrected chi connectivity index (χ4v) is 2.46. The van der Waals surface area contributed by atoms with Crippen LogP contribution in [0.3, 0.4) is 0 Å². The summed E-state index contributed by atoms with van der Waals surface area (Å²) >= 11 is 0. The van der Waals surface area contributed by atoms with Crippen molar-refractivity contribution in [2.75, 3.05) is 19.6 Å². The predicted molar refractivity (Wildman–Crippen MR) is 82.8 cm³/mol. The SMILES string of the molecule is CC(=O)N(CCNC(=O)C1CCC1)CCc1ccccc1. The molecule has 0 atom stereocenters. The normalized spacial score (nSPS) is 14.3. The molecule has 114 valence electrons. The molecule has 0 bridgehead atoms. The van der Waals surface area contributed by atoms with Crippen LogP contribution in [0.15, 0.2) is 30.3 Å². The molecule has 0 spiro atoms. The largest absolute Gasteiger partial charge is 0.354 e. The van der Waals surface area contributed by atoms with Crippen LogP contribution in [0.25, 0.3) is 0 Å². The number of benzene rings is 1. The smallest absolute Gasteiger partial charge is 0.223 e. The van der Waals surface area contributed by atoms with Crippen LogP contribution in [0.1, 0.15) is 31.7 Å². The summed E-state index contributed by atoms with van der Waals surface area (Å²) in [5, 5.41) is 2.94. The van der Waals surface area contributed by atoms with Crippen molar-refractivity contribution in [1.29, 1.82) is 0 Å². The summed E-state index contributed by atoms with van der Waals surface area (Å²) in [5.41, 5.74) is 1.22. The second-order valence-electron chi connectivity index (χ2n) is 5.66. The molecule has 1 saturated carbocycles. The van der Waals surface area contributed by atoms with Gasteiger partial charge in [-0.05, 0) is 24.8 Å². The Morgan fingerprint density at radius 1 is 1.19 bits per heavy atom. The van der Waals surface area contributed by atoms with Gasteiger partial charge in [0.05, 0.1) is 0 Å². The number of amides is 2. The first-order chi connectivity index (χ1) is 10.2. The minimum Gasteiger partial charge on any atom is -0.354 e. The summed E-state index contributed by atoms with van der Waals surface area (Å²) in [6.45, 7) is 3.40. The van der Waals surface area contributed by atoms with Crippen molar-refractivity contribution >= 4 is 11.8 Å². The van der Waals surface area contributed by atoms with Gasteiger partial charge in [-0.3, -0.25) is 9.59 Å². The zero-order valence-corrected chi connectivity index (χ0v) is 12.7. The standard InChI is InChI=1S/C17H24N2O2/c1-14(20)19(12-10-15-6-3-2-4-7-15)13-11-18-17(21)16-8-5-9-16/h2-4,6-7,16H,5,8-13H2,1H3,(H,18,21). The van der Waals surface area contributed by atoms with Crippen LogP contribution in [-0.4, -0.2) is 36.3 Å². The molecule has 1 aromatic rings. The zero-order valence-electron chi connectivity index (χ0n) is 12.7. The van der Waals surface area contributed by atoms with Crippen molar-refractivity contribution < 1.29 is 9.59 Å². The average molecular weight is 288 g/mol. The third-order valence-corrected chi connectivity index (χ3v) is 4.12. The van der Waals surface area contributed by atoms with Crippen LogP contribution in [0.4, 0.5) is 0 Å². The first kappa shape index (κ1) is 15.5. The summed E-state index contributed by atoms with van der Waals surface area (Å²) in [5.74, 6) is 0.414. The summed E-state index contributed by atoms with van der Waals surface area (Å²) < 4.78 is 0. The van der Waals surface area contributed by atoms with E-state index in [1.807, 2.05) is 18.2 Å². The minimum atomic E-state index is 0.0591. The second kappa shape index (κ2) is 7.81. The molecule has 1 aromatic carbocycles. The molecular weight excluding hydrogens is 264 g/mol. The number of carbonyl (C=O) groups excluding carboxylic acids is 2. The summed E-state index contributed by atoms with van der Waals surface area (Å²) in [6.07, 6.45) is 4.03. The Morgan fingerprint density at radius 2 is 1.90 bits per heavy atom. The van der Waals surface area contributed by atoms with Crippen LogP contribution < -0.4 is 5.32 Å². The topological polar surface area (TPSA) is 49.4 Å². The molecule has 0 saturated heterocycles. The number of nitrogens with one attached hydrogen (secondary N) is 1. The summed E-state index contributed by atoms with van der Waals surface area (Å²) in [7, 11) is 0. The highest BCUT2D eigenvalue weighted by Crippen LogP contribution is 2.25. The van der Waals surface area contributed by atoms with Crippen LogP contribution >= 0.6 is 0 Å². The highest BCUT2D eigenvalue weighted by Gasteiger charge is 2.24. The Hall–Kier alpha value is -1.84. The third-order valence-electron chi connectivity index (χ3n) is 4.12. The highest BCUT2D eigenvalue weighted by atomic mass is 16.2. The van der Waals surface area contributed by atoms with Crippen LogP contribution in [0.5, 0.6) is 0 Å². The Labute approximate surface area is 126 Å². The van der Waals surface area contributed by atoms with Crippen molar-refractivity contribution in [3.05, 3.63) is 35.9 Å². The molecule has 2 amide bonds. The van der Waals surface area contributed by atoms with Gasteiger partial charge in [-0.1, -0.05) is 36.8 Å². The summed E-state index contributed by atoms with van der Waals surface area (Å²) in [4.78, 5) is 25.2. The van der Waals surface area contributed by atoms with Gasteiger partial charge in [0.15, 0.2) is 0 Å². The zero-order chi connectivity index (χ0) is 15.1. The molecule has 4 nitrogen and oxygen atoms in total. The predicted octanol–water partition coefficient (Wildman–Crippen LogP) is 1.99. The molecule has 4 heteroatoms. The maximum absolute atomic E-state index is 11.7. The van der Waals surface area contributed by atoms with E-state index in [0.717, 1.165) is 25.7 Å². The quantitative estimate of drug-likeness (QED) is 0.834. The van der Waals surface area contributed by atoms with Gasteiger partial charge in [-0.15, -0.1) is 0 Å². The Morgan fingerprint density at radius 3 is 2.48 bits per heavy atom. The Balaban J connectivity index is 1.71.